The van der Waals surface area contributed by atoms with E-state index in [9.17, 15) is 13.2 Å². The molecule has 0 fully saturated rings. The summed E-state index contributed by atoms with van der Waals surface area (Å²) in [6.07, 6.45) is 1.54. The molecular formula is C14H17N3O3S2. The van der Waals surface area contributed by atoms with Gasteiger partial charge in [-0.1, -0.05) is 6.07 Å². The first-order valence-corrected chi connectivity index (χ1v) is 9.39. The fourth-order valence-corrected chi connectivity index (χ4v) is 4.23. The number of nitrogens with zero attached hydrogens (tertiary/aromatic N) is 2. The summed E-state index contributed by atoms with van der Waals surface area (Å²) in [5.74, 6) is -0.117. The van der Waals surface area contributed by atoms with Gasteiger partial charge in [-0.2, -0.15) is 0 Å². The van der Waals surface area contributed by atoms with Gasteiger partial charge in [-0.3, -0.25) is 4.79 Å². The van der Waals surface area contributed by atoms with Crippen LogP contribution in [0.3, 0.4) is 0 Å². The Bertz CT molecular complexity index is 778. The van der Waals surface area contributed by atoms with Crippen molar-refractivity contribution in [3.63, 3.8) is 0 Å². The Morgan fingerprint density at radius 1 is 1.36 bits per heavy atom. The third kappa shape index (κ3) is 2.81. The predicted octanol–water partition coefficient (Wildman–Crippen LogP) is 1.50. The standard InChI is InChI=1S/C14H17N3O3S2/c1-2-16-5-6-17-10-12(8-13(17)14(16)18)22(19,20)15-9-11-4-3-7-21-11/h3-4,7-8,10,15H,2,5-6,9H2,1H3. The maximum atomic E-state index is 12.4. The highest BCUT2D eigenvalue weighted by Gasteiger charge is 2.27. The van der Waals surface area contributed by atoms with E-state index in [1.807, 2.05) is 24.4 Å². The van der Waals surface area contributed by atoms with E-state index in [0.29, 0.717) is 25.3 Å². The van der Waals surface area contributed by atoms with Crippen molar-refractivity contribution in [3.8, 4) is 0 Å². The number of thiophene rings is 1. The summed E-state index contributed by atoms with van der Waals surface area (Å²) in [6.45, 7) is 4.03. The Hall–Kier alpha value is -1.64. The monoisotopic (exact) mass is 339 g/mol. The fourth-order valence-electron chi connectivity index (χ4n) is 2.45. The van der Waals surface area contributed by atoms with Crippen molar-refractivity contribution in [3.05, 3.63) is 40.3 Å². The van der Waals surface area contributed by atoms with E-state index in [-0.39, 0.29) is 17.3 Å². The van der Waals surface area contributed by atoms with Crippen molar-refractivity contribution in [2.24, 2.45) is 0 Å². The molecular weight excluding hydrogens is 322 g/mol. The summed E-state index contributed by atoms with van der Waals surface area (Å²) >= 11 is 1.50. The van der Waals surface area contributed by atoms with Gasteiger partial charge in [0, 0.05) is 37.3 Å². The molecule has 1 N–H and O–H groups in total. The van der Waals surface area contributed by atoms with Crippen molar-refractivity contribution in [1.82, 2.24) is 14.2 Å². The van der Waals surface area contributed by atoms with E-state index < -0.39 is 10.0 Å². The molecule has 1 aliphatic rings. The Labute approximate surface area is 133 Å². The minimum Gasteiger partial charge on any atom is -0.340 e. The van der Waals surface area contributed by atoms with Gasteiger partial charge in [0.15, 0.2) is 0 Å². The average molecular weight is 339 g/mol. The van der Waals surface area contributed by atoms with Crippen LogP contribution in [0.4, 0.5) is 0 Å². The van der Waals surface area contributed by atoms with Crippen LogP contribution in [0.25, 0.3) is 0 Å². The summed E-state index contributed by atoms with van der Waals surface area (Å²) in [6, 6.07) is 5.21. The smallest absolute Gasteiger partial charge is 0.270 e. The van der Waals surface area contributed by atoms with Crippen LogP contribution in [-0.4, -0.2) is 36.9 Å². The lowest BCUT2D eigenvalue weighted by Crippen LogP contribution is -2.39. The second-order valence-electron chi connectivity index (χ2n) is 5.04. The zero-order valence-electron chi connectivity index (χ0n) is 12.2. The first-order chi connectivity index (χ1) is 10.5. The van der Waals surface area contributed by atoms with Crippen LogP contribution < -0.4 is 4.72 Å². The van der Waals surface area contributed by atoms with Crippen molar-refractivity contribution in [2.45, 2.75) is 24.9 Å². The van der Waals surface area contributed by atoms with E-state index in [2.05, 4.69) is 4.72 Å². The summed E-state index contributed by atoms with van der Waals surface area (Å²) in [5, 5.41) is 1.90. The average Bonchev–Trinajstić information content (AvgIpc) is 3.15. The van der Waals surface area contributed by atoms with Crippen LogP contribution in [0.15, 0.2) is 34.7 Å². The third-order valence-electron chi connectivity index (χ3n) is 3.70. The lowest BCUT2D eigenvalue weighted by atomic mass is 10.3. The zero-order valence-corrected chi connectivity index (χ0v) is 13.8. The minimum absolute atomic E-state index is 0.117. The first kappa shape index (κ1) is 15.3. The van der Waals surface area contributed by atoms with Crippen molar-refractivity contribution >= 4 is 27.3 Å². The number of sulfonamides is 1. The van der Waals surface area contributed by atoms with Gasteiger partial charge in [-0.05, 0) is 24.4 Å². The van der Waals surface area contributed by atoms with Crippen LogP contribution in [0.2, 0.25) is 0 Å². The molecule has 0 unspecified atom stereocenters. The Balaban J connectivity index is 1.82. The summed E-state index contributed by atoms with van der Waals surface area (Å²) in [4.78, 5) is 15.0. The molecule has 3 heterocycles. The van der Waals surface area contributed by atoms with Gasteiger partial charge >= 0.3 is 0 Å². The Morgan fingerprint density at radius 2 is 2.18 bits per heavy atom. The van der Waals surface area contributed by atoms with Gasteiger partial charge in [0.1, 0.15) is 10.6 Å². The zero-order chi connectivity index (χ0) is 15.7. The molecule has 0 bridgehead atoms. The summed E-state index contributed by atoms with van der Waals surface area (Å²) < 4.78 is 29.0. The quantitative estimate of drug-likeness (QED) is 0.897. The van der Waals surface area contributed by atoms with Crippen LogP contribution in [0.1, 0.15) is 22.3 Å². The maximum Gasteiger partial charge on any atom is 0.270 e. The number of aromatic nitrogens is 1. The molecule has 0 atom stereocenters. The number of nitrogens with one attached hydrogen (secondary N) is 1. The van der Waals surface area contributed by atoms with Gasteiger partial charge in [-0.15, -0.1) is 11.3 Å². The molecule has 0 saturated heterocycles. The van der Waals surface area contributed by atoms with E-state index in [4.69, 9.17) is 0 Å². The van der Waals surface area contributed by atoms with E-state index in [1.54, 1.807) is 9.47 Å². The van der Waals surface area contributed by atoms with Gasteiger partial charge < -0.3 is 9.47 Å². The van der Waals surface area contributed by atoms with Gasteiger partial charge in [-0.25, -0.2) is 13.1 Å². The Morgan fingerprint density at radius 3 is 2.86 bits per heavy atom. The summed E-state index contributed by atoms with van der Waals surface area (Å²) in [7, 11) is -3.61. The lowest BCUT2D eigenvalue weighted by Gasteiger charge is -2.26. The molecule has 6 nitrogen and oxygen atoms in total. The van der Waals surface area contributed by atoms with Crippen LogP contribution in [-0.2, 0) is 23.1 Å². The molecule has 2 aromatic heterocycles. The number of rotatable bonds is 5. The molecule has 1 amide bonds. The number of carbonyl (C=O) groups excluding carboxylic acids is 1. The number of likely N-dealkylation sites (N-methyl/N-ethyl adjacent to an activating group) is 1. The summed E-state index contributed by atoms with van der Waals surface area (Å²) in [5.41, 5.74) is 0.435. The van der Waals surface area contributed by atoms with Gasteiger partial charge in [0.05, 0.1) is 0 Å². The number of hydrogen-bond donors (Lipinski definition) is 1. The normalized spacial score (nSPS) is 15.1. The number of fused-ring (bicyclic) bond motifs is 1. The van der Waals surface area contributed by atoms with Crippen molar-refractivity contribution < 1.29 is 13.2 Å². The number of hydrogen-bond acceptors (Lipinski definition) is 4. The molecule has 3 rings (SSSR count). The van der Waals surface area contributed by atoms with Crippen molar-refractivity contribution in [2.75, 3.05) is 13.1 Å². The van der Waals surface area contributed by atoms with E-state index >= 15 is 0 Å². The highest BCUT2D eigenvalue weighted by molar-refractivity contribution is 7.89. The van der Waals surface area contributed by atoms with E-state index in [0.717, 1.165) is 4.88 Å². The molecule has 22 heavy (non-hydrogen) atoms. The molecule has 1 aliphatic heterocycles. The van der Waals surface area contributed by atoms with Crippen LogP contribution in [0.5, 0.6) is 0 Å². The Kier molecular flexibility index (Phi) is 4.07. The lowest BCUT2D eigenvalue weighted by molar-refractivity contribution is 0.0715. The molecule has 2 aromatic rings. The van der Waals surface area contributed by atoms with Gasteiger partial charge in [0.25, 0.3) is 5.91 Å². The van der Waals surface area contributed by atoms with Crippen LogP contribution >= 0.6 is 11.3 Å². The second kappa shape index (κ2) is 5.86. The third-order valence-corrected chi connectivity index (χ3v) is 5.94. The molecule has 0 spiro atoms. The molecule has 118 valence electrons. The van der Waals surface area contributed by atoms with Crippen molar-refractivity contribution in [1.29, 1.82) is 0 Å². The first-order valence-electron chi connectivity index (χ1n) is 7.03. The minimum atomic E-state index is -3.61. The highest BCUT2D eigenvalue weighted by Crippen LogP contribution is 2.20. The predicted molar refractivity (Wildman–Crippen MR) is 84.4 cm³/mol. The van der Waals surface area contributed by atoms with E-state index in [1.165, 1.54) is 23.6 Å². The molecule has 0 saturated carbocycles. The molecule has 0 aromatic carbocycles. The van der Waals surface area contributed by atoms with Crippen LogP contribution in [0, 0.1) is 0 Å². The topological polar surface area (TPSA) is 71.4 Å². The maximum absolute atomic E-state index is 12.4. The number of amides is 1. The highest BCUT2D eigenvalue weighted by atomic mass is 32.2. The largest absolute Gasteiger partial charge is 0.340 e. The molecule has 0 aliphatic carbocycles. The van der Waals surface area contributed by atoms with Gasteiger partial charge in [0.2, 0.25) is 10.0 Å². The fraction of sp³-hybridized carbons (Fsp3) is 0.357. The molecule has 0 radical (unpaired) electrons. The number of carbonyl (C=O) groups is 1. The SMILES string of the molecule is CCN1CCn2cc(S(=O)(=O)NCc3cccs3)cc2C1=O. The second-order valence-corrected chi connectivity index (χ2v) is 7.84. The molecule has 8 heteroatoms.